The van der Waals surface area contributed by atoms with Crippen molar-refractivity contribution in [1.82, 2.24) is 5.32 Å². The minimum atomic E-state index is -4.37. The van der Waals surface area contributed by atoms with Gasteiger partial charge in [-0.1, -0.05) is 42.5 Å². The van der Waals surface area contributed by atoms with Crippen LogP contribution in [0.15, 0.2) is 54.6 Å². The van der Waals surface area contributed by atoms with E-state index < -0.39 is 23.8 Å². The number of benzene rings is 2. The number of alkyl halides is 3. The summed E-state index contributed by atoms with van der Waals surface area (Å²) < 4.78 is 37.7. The first-order valence-electron chi connectivity index (χ1n) is 7.54. The minimum absolute atomic E-state index is 0. The van der Waals surface area contributed by atoms with Crippen LogP contribution in [0.3, 0.4) is 0 Å². The molecule has 0 radical (unpaired) electrons. The molecule has 0 saturated carbocycles. The lowest BCUT2D eigenvalue weighted by molar-refractivity contribution is -0.137. The van der Waals surface area contributed by atoms with Gasteiger partial charge in [0, 0.05) is 0 Å². The highest BCUT2D eigenvalue weighted by atomic mass is 35.5. The summed E-state index contributed by atoms with van der Waals surface area (Å²) in [4.78, 5) is 12.1. The number of halogens is 4. The van der Waals surface area contributed by atoms with E-state index >= 15 is 0 Å². The van der Waals surface area contributed by atoms with Gasteiger partial charge in [0.15, 0.2) is 0 Å². The van der Waals surface area contributed by atoms with Crippen LogP contribution in [0.4, 0.5) is 13.2 Å². The summed E-state index contributed by atoms with van der Waals surface area (Å²) in [6, 6.07) is 12.9. The number of hydrogen-bond donors (Lipinski definition) is 2. The Hall–Kier alpha value is -2.05. The Bertz CT molecular complexity index is 675. The van der Waals surface area contributed by atoms with E-state index in [-0.39, 0.29) is 18.3 Å². The van der Waals surface area contributed by atoms with Gasteiger partial charge in [0.2, 0.25) is 5.91 Å². The van der Waals surface area contributed by atoms with Crippen LogP contribution in [0, 0.1) is 0 Å². The largest absolute Gasteiger partial charge is 0.416 e. The van der Waals surface area contributed by atoms with Crippen molar-refractivity contribution in [2.45, 2.75) is 31.6 Å². The fourth-order valence-corrected chi connectivity index (χ4v) is 2.33. The molecule has 0 fully saturated rings. The van der Waals surface area contributed by atoms with E-state index in [9.17, 15) is 18.0 Å². The van der Waals surface area contributed by atoms with Crippen LogP contribution in [-0.4, -0.2) is 11.9 Å². The van der Waals surface area contributed by atoms with Crippen molar-refractivity contribution in [3.63, 3.8) is 0 Å². The average Bonchev–Trinajstić information content (AvgIpc) is 2.55. The van der Waals surface area contributed by atoms with Crippen LogP contribution in [-0.2, 0) is 17.4 Å². The molecular formula is C18H20ClF3N2O. The maximum absolute atomic E-state index is 12.6. The minimum Gasteiger partial charge on any atom is -0.348 e. The van der Waals surface area contributed by atoms with Gasteiger partial charge < -0.3 is 11.1 Å². The van der Waals surface area contributed by atoms with E-state index in [1.807, 2.05) is 30.3 Å². The van der Waals surface area contributed by atoms with Crippen LogP contribution >= 0.6 is 12.4 Å². The second kappa shape index (κ2) is 8.87. The molecule has 7 heteroatoms. The average molecular weight is 373 g/mol. The van der Waals surface area contributed by atoms with Crippen LogP contribution in [0.5, 0.6) is 0 Å². The lowest BCUT2D eigenvalue weighted by Gasteiger charge is -2.18. The van der Waals surface area contributed by atoms with Crippen molar-refractivity contribution in [2.75, 3.05) is 0 Å². The molecule has 0 heterocycles. The highest BCUT2D eigenvalue weighted by Gasteiger charge is 2.30. The second-order valence-corrected chi connectivity index (χ2v) is 5.65. The zero-order valence-electron chi connectivity index (χ0n) is 13.6. The van der Waals surface area contributed by atoms with Crippen LogP contribution < -0.4 is 11.1 Å². The molecule has 2 atom stereocenters. The smallest absolute Gasteiger partial charge is 0.348 e. The Kier molecular flexibility index (Phi) is 7.45. The summed E-state index contributed by atoms with van der Waals surface area (Å²) in [5, 5.41) is 2.73. The Labute approximate surface area is 150 Å². The van der Waals surface area contributed by atoms with Crippen molar-refractivity contribution in [2.24, 2.45) is 5.73 Å². The lowest BCUT2D eigenvalue weighted by Crippen LogP contribution is -2.42. The molecule has 0 aliphatic heterocycles. The van der Waals surface area contributed by atoms with Crippen molar-refractivity contribution >= 4 is 18.3 Å². The summed E-state index contributed by atoms with van der Waals surface area (Å²) in [5.74, 6) is -0.341. The van der Waals surface area contributed by atoms with Crippen molar-refractivity contribution in [1.29, 1.82) is 0 Å². The molecule has 3 N–H and O–H groups in total. The third kappa shape index (κ3) is 6.07. The Balaban J connectivity index is 0.00000312. The molecule has 2 rings (SSSR count). The molecule has 1 amide bonds. The number of nitrogens with one attached hydrogen (secondary N) is 1. The van der Waals surface area contributed by atoms with E-state index in [2.05, 4.69) is 5.32 Å². The molecular weight excluding hydrogens is 353 g/mol. The zero-order chi connectivity index (χ0) is 17.7. The molecule has 0 aliphatic carbocycles. The molecule has 0 spiro atoms. The first-order valence-corrected chi connectivity index (χ1v) is 7.54. The number of hydrogen-bond acceptors (Lipinski definition) is 2. The second-order valence-electron chi connectivity index (χ2n) is 5.65. The molecule has 0 bridgehead atoms. The van der Waals surface area contributed by atoms with Gasteiger partial charge in [0.25, 0.3) is 0 Å². The van der Waals surface area contributed by atoms with Gasteiger partial charge in [-0.3, -0.25) is 4.79 Å². The van der Waals surface area contributed by atoms with E-state index in [1.165, 1.54) is 12.1 Å². The number of amides is 1. The number of nitrogens with two attached hydrogens (primary N) is 1. The molecule has 2 aromatic carbocycles. The predicted molar refractivity (Wildman–Crippen MR) is 93.4 cm³/mol. The molecule has 0 aromatic heterocycles. The fourth-order valence-electron chi connectivity index (χ4n) is 2.33. The summed E-state index contributed by atoms with van der Waals surface area (Å²) >= 11 is 0. The lowest BCUT2D eigenvalue weighted by atomic mass is 10.0. The monoisotopic (exact) mass is 372 g/mol. The van der Waals surface area contributed by atoms with Gasteiger partial charge in [-0.05, 0) is 36.6 Å². The standard InChI is InChI=1S/C18H19F3N2O.ClH/c1-12(14-7-9-15(10-8-14)18(19,20)21)23-17(24)16(22)11-13-5-3-2-4-6-13;/h2-10,12,16H,11,22H2,1H3,(H,23,24);1H. The van der Waals surface area contributed by atoms with E-state index in [1.54, 1.807) is 6.92 Å². The van der Waals surface area contributed by atoms with Gasteiger partial charge in [0.1, 0.15) is 0 Å². The van der Waals surface area contributed by atoms with E-state index in [0.717, 1.165) is 17.7 Å². The van der Waals surface area contributed by atoms with Gasteiger partial charge in [-0.2, -0.15) is 13.2 Å². The highest BCUT2D eigenvalue weighted by Crippen LogP contribution is 2.29. The Morgan fingerprint density at radius 2 is 1.64 bits per heavy atom. The van der Waals surface area contributed by atoms with Gasteiger partial charge in [-0.25, -0.2) is 0 Å². The maximum Gasteiger partial charge on any atom is 0.416 e. The molecule has 2 aromatic rings. The highest BCUT2D eigenvalue weighted by molar-refractivity contribution is 5.85. The van der Waals surface area contributed by atoms with Crippen molar-refractivity contribution < 1.29 is 18.0 Å². The summed E-state index contributed by atoms with van der Waals surface area (Å²) in [6.07, 6.45) is -3.98. The van der Waals surface area contributed by atoms with Crippen LogP contribution in [0.25, 0.3) is 0 Å². The predicted octanol–water partition coefficient (Wildman–Crippen LogP) is 3.87. The van der Waals surface area contributed by atoms with Crippen LogP contribution in [0.2, 0.25) is 0 Å². The molecule has 0 saturated heterocycles. The summed E-state index contributed by atoms with van der Waals surface area (Å²) in [7, 11) is 0. The third-order valence-electron chi connectivity index (χ3n) is 3.73. The topological polar surface area (TPSA) is 55.1 Å². The molecule has 3 nitrogen and oxygen atoms in total. The molecule has 0 aliphatic rings. The Morgan fingerprint density at radius 3 is 2.16 bits per heavy atom. The van der Waals surface area contributed by atoms with Gasteiger partial charge in [0.05, 0.1) is 17.6 Å². The van der Waals surface area contributed by atoms with Gasteiger partial charge >= 0.3 is 6.18 Å². The zero-order valence-corrected chi connectivity index (χ0v) is 14.4. The van der Waals surface area contributed by atoms with Crippen molar-refractivity contribution in [3.05, 3.63) is 71.3 Å². The quantitative estimate of drug-likeness (QED) is 0.837. The SMILES string of the molecule is CC(NC(=O)C(N)Cc1ccccc1)c1ccc(C(F)(F)F)cc1.Cl. The van der Waals surface area contributed by atoms with Crippen LogP contribution in [0.1, 0.15) is 29.7 Å². The number of rotatable bonds is 5. The fraction of sp³-hybridized carbons (Fsp3) is 0.278. The first-order chi connectivity index (χ1) is 11.3. The number of carbonyl (C=O) groups is 1. The van der Waals surface area contributed by atoms with E-state index in [0.29, 0.717) is 12.0 Å². The maximum atomic E-state index is 12.6. The molecule has 136 valence electrons. The van der Waals surface area contributed by atoms with Crippen molar-refractivity contribution in [3.8, 4) is 0 Å². The number of carbonyl (C=O) groups excluding carboxylic acids is 1. The molecule has 25 heavy (non-hydrogen) atoms. The normalized spacial score (nSPS) is 13.5. The first kappa shape index (κ1) is 21.0. The Morgan fingerprint density at radius 1 is 1.08 bits per heavy atom. The summed E-state index contributed by atoms with van der Waals surface area (Å²) in [6.45, 7) is 1.70. The molecule has 2 unspecified atom stereocenters. The summed E-state index contributed by atoms with van der Waals surface area (Å²) in [5.41, 5.74) is 6.71. The van der Waals surface area contributed by atoms with E-state index in [4.69, 9.17) is 5.73 Å². The third-order valence-corrected chi connectivity index (χ3v) is 3.73. The van der Waals surface area contributed by atoms with Gasteiger partial charge in [-0.15, -0.1) is 12.4 Å².